The number of aryl methyl sites for hydroxylation is 2. The van der Waals surface area contributed by atoms with Gasteiger partial charge >= 0.3 is 0 Å². The van der Waals surface area contributed by atoms with Crippen LogP contribution in [0.3, 0.4) is 0 Å². The third-order valence-corrected chi connectivity index (χ3v) is 3.69. The van der Waals surface area contributed by atoms with Gasteiger partial charge in [0.05, 0.1) is 12.3 Å². The second-order valence-corrected chi connectivity index (χ2v) is 5.43. The number of hydrogen-bond acceptors (Lipinski definition) is 4. The molecular formula is C15H30N4O. The van der Waals surface area contributed by atoms with E-state index in [2.05, 4.69) is 36.5 Å². The summed E-state index contributed by atoms with van der Waals surface area (Å²) < 4.78 is 6.98. The fraction of sp³-hybridized carbons (Fsp3) is 0.800. The highest BCUT2D eigenvalue weighted by atomic mass is 16.5. The Kier molecular flexibility index (Phi) is 7.80. The van der Waals surface area contributed by atoms with Gasteiger partial charge in [0.2, 0.25) is 0 Å². The molecule has 0 aliphatic rings. The number of aromatic nitrogens is 2. The van der Waals surface area contributed by atoms with Crippen molar-refractivity contribution >= 4 is 0 Å². The van der Waals surface area contributed by atoms with Crippen LogP contribution in [0.5, 0.6) is 0 Å². The van der Waals surface area contributed by atoms with Gasteiger partial charge in [-0.05, 0) is 45.7 Å². The first kappa shape index (κ1) is 17.1. The lowest BCUT2D eigenvalue weighted by Crippen LogP contribution is -2.38. The summed E-state index contributed by atoms with van der Waals surface area (Å²) in [6.07, 6.45) is 2.25. The highest BCUT2D eigenvalue weighted by Crippen LogP contribution is 2.13. The van der Waals surface area contributed by atoms with Crippen LogP contribution in [0.25, 0.3) is 0 Å². The van der Waals surface area contributed by atoms with Crippen molar-refractivity contribution in [3.8, 4) is 0 Å². The van der Waals surface area contributed by atoms with Crippen molar-refractivity contribution in [2.45, 2.75) is 39.7 Å². The van der Waals surface area contributed by atoms with Crippen molar-refractivity contribution in [2.75, 3.05) is 33.4 Å². The molecule has 0 aliphatic carbocycles. The average molecular weight is 282 g/mol. The standard InChI is InChI=1S/C15H30N4O/c1-12(11-16-9-10-20-5)17-8-6-7-15-13(2)18-19(4)14(15)3/h12,16-17H,6-11H2,1-5H3. The first-order chi connectivity index (χ1) is 9.56. The zero-order valence-corrected chi connectivity index (χ0v) is 13.6. The van der Waals surface area contributed by atoms with Crippen LogP contribution in [-0.2, 0) is 18.2 Å². The predicted octanol–water partition coefficient (Wildman–Crippen LogP) is 1.18. The lowest BCUT2D eigenvalue weighted by Gasteiger charge is -2.14. The van der Waals surface area contributed by atoms with Gasteiger partial charge in [-0.2, -0.15) is 5.10 Å². The van der Waals surface area contributed by atoms with Crippen LogP contribution in [0.4, 0.5) is 0 Å². The zero-order chi connectivity index (χ0) is 15.0. The normalized spacial score (nSPS) is 12.8. The second-order valence-electron chi connectivity index (χ2n) is 5.43. The van der Waals surface area contributed by atoms with Crippen molar-refractivity contribution in [3.05, 3.63) is 17.0 Å². The molecule has 0 bridgehead atoms. The predicted molar refractivity (Wildman–Crippen MR) is 83.2 cm³/mol. The topological polar surface area (TPSA) is 51.1 Å². The van der Waals surface area contributed by atoms with Gasteiger partial charge in [-0.25, -0.2) is 0 Å². The summed E-state index contributed by atoms with van der Waals surface area (Å²) in [4.78, 5) is 0. The Bertz CT molecular complexity index is 389. The summed E-state index contributed by atoms with van der Waals surface area (Å²) in [5.41, 5.74) is 3.86. The van der Waals surface area contributed by atoms with E-state index in [0.717, 1.165) is 39.1 Å². The first-order valence-electron chi connectivity index (χ1n) is 7.48. The fourth-order valence-corrected chi connectivity index (χ4v) is 2.36. The maximum atomic E-state index is 5.00. The second kappa shape index (κ2) is 9.10. The quantitative estimate of drug-likeness (QED) is 0.633. The average Bonchev–Trinajstić information content (AvgIpc) is 2.65. The number of methoxy groups -OCH3 is 1. The van der Waals surface area contributed by atoms with Crippen LogP contribution in [0.2, 0.25) is 0 Å². The van der Waals surface area contributed by atoms with E-state index >= 15 is 0 Å². The molecule has 0 saturated heterocycles. The number of ether oxygens (including phenoxy) is 1. The largest absolute Gasteiger partial charge is 0.383 e. The molecule has 0 amide bonds. The van der Waals surface area contributed by atoms with Crippen LogP contribution >= 0.6 is 0 Å². The molecule has 0 spiro atoms. The fourth-order valence-electron chi connectivity index (χ4n) is 2.36. The Morgan fingerprint density at radius 3 is 2.65 bits per heavy atom. The molecule has 1 unspecified atom stereocenters. The van der Waals surface area contributed by atoms with Gasteiger partial charge in [0, 0.05) is 39.0 Å². The third kappa shape index (κ3) is 5.61. The zero-order valence-electron chi connectivity index (χ0n) is 13.6. The smallest absolute Gasteiger partial charge is 0.0628 e. The van der Waals surface area contributed by atoms with E-state index in [1.54, 1.807) is 7.11 Å². The Labute approximate surface area is 123 Å². The molecule has 2 N–H and O–H groups in total. The molecule has 1 aromatic heterocycles. The van der Waals surface area contributed by atoms with E-state index in [0.29, 0.717) is 6.04 Å². The molecule has 0 aliphatic heterocycles. The maximum absolute atomic E-state index is 5.00. The molecule has 0 fully saturated rings. The lowest BCUT2D eigenvalue weighted by atomic mass is 10.1. The van der Waals surface area contributed by atoms with Crippen LogP contribution in [0.1, 0.15) is 30.3 Å². The number of nitrogens with zero attached hydrogens (tertiary/aromatic N) is 2. The maximum Gasteiger partial charge on any atom is 0.0628 e. The monoisotopic (exact) mass is 282 g/mol. The van der Waals surface area contributed by atoms with E-state index in [1.807, 2.05) is 11.7 Å². The molecular weight excluding hydrogens is 252 g/mol. The summed E-state index contributed by atoms with van der Waals surface area (Å²) >= 11 is 0. The Morgan fingerprint density at radius 2 is 2.05 bits per heavy atom. The SMILES string of the molecule is COCCNCC(C)NCCCc1c(C)nn(C)c1C. The minimum atomic E-state index is 0.489. The molecule has 1 atom stereocenters. The summed E-state index contributed by atoms with van der Waals surface area (Å²) in [7, 11) is 3.74. The van der Waals surface area contributed by atoms with Gasteiger partial charge in [0.1, 0.15) is 0 Å². The van der Waals surface area contributed by atoms with Crippen LogP contribution in [0.15, 0.2) is 0 Å². The van der Waals surface area contributed by atoms with Crippen LogP contribution in [-0.4, -0.2) is 49.2 Å². The molecule has 5 nitrogen and oxygen atoms in total. The van der Waals surface area contributed by atoms with Gasteiger partial charge < -0.3 is 15.4 Å². The van der Waals surface area contributed by atoms with Gasteiger partial charge in [-0.3, -0.25) is 4.68 Å². The summed E-state index contributed by atoms with van der Waals surface area (Å²) in [6.45, 7) is 10.2. The van der Waals surface area contributed by atoms with Crippen LogP contribution < -0.4 is 10.6 Å². The van der Waals surface area contributed by atoms with E-state index in [-0.39, 0.29) is 0 Å². The van der Waals surface area contributed by atoms with Crippen molar-refractivity contribution in [1.82, 2.24) is 20.4 Å². The van der Waals surface area contributed by atoms with Crippen molar-refractivity contribution in [1.29, 1.82) is 0 Å². The highest BCUT2D eigenvalue weighted by molar-refractivity contribution is 5.24. The molecule has 0 saturated carbocycles. The third-order valence-electron chi connectivity index (χ3n) is 3.69. The summed E-state index contributed by atoms with van der Waals surface area (Å²) in [5, 5.41) is 11.4. The van der Waals surface area contributed by atoms with E-state index in [4.69, 9.17) is 4.74 Å². The molecule has 0 radical (unpaired) electrons. The Balaban J connectivity index is 2.15. The summed E-state index contributed by atoms with van der Waals surface area (Å²) in [6, 6.07) is 0.489. The minimum absolute atomic E-state index is 0.489. The van der Waals surface area contributed by atoms with E-state index < -0.39 is 0 Å². The van der Waals surface area contributed by atoms with Crippen molar-refractivity contribution in [2.24, 2.45) is 7.05 Å². The molecule has 116 valence electrons. The highest BCUT2D eigenvalue weighted by Gasteiger charge is 2.08. The van der Waals surface area contributed by atoms with E-state index in [9.17, 15) is 0 Å². The number of hydrogen-bond donors (Lipinski definition) is 2. The Morgan fingerprint density at radius 1 is 1.30 bits per heavy atom. The molecule has 5 heteroatoms. The molecule has 1 heterocycles. The molecule has 20 heavy (non-hydrogen) atoms. The molecule has 0 aromatic carbocycles. The van der Waals surface area contributed by atoms with Crippen molar-refractivity contribution in [3.63, 3.8) is 0 Å². The minimum Gasteiger partial charge on any atom is -0.383 e. The van der Waals surface area contributed by atoms with Gasteiger partial charge in [0.15, 0.2) is 0 Å². The number of nitrogens with one attached hydrogen (secondary N) is 2. The van der Waals surface area contributed by atoms with Gasteiger partial charge in [-0.1, -0.05) is 0 Å². The summed E-state index contributed by atoms with van der Waals surface area (Å²) in [5.74, 6) is 0. The van der Waals surface area contributed by atoms with Crippen molar-refractivity contribution < 1.29 is 4.74 Å². The van der Waals surface area contributed by atoms with Gasteiger partial charge in [-0.15, -0.1) is 0 Å². The van der Waals surface area contributed by atoms with Gasteiger partial charge in [0.25, 0.3) is 0 Å². The number of rotatable bonds is 10. The van der Waals surface area contributed by atoms with Crippen LogP contribution in [0, 0.1) is 13.8 Å². The lowest BCUT2D eigenvalue weighted by molar-refractivity contribution is 0.198. The Hall–Kier alpha value is -0.910. The molecule has 1 rings (SSSR count). The van der Waals surface area contributed by atoms with E-state index in [1.165, 1.54) is 17.0 Å². The molecule has 1 aromatic rings. The first-order valence-corrected chi connectivity index (χ1v) is 7.48.